The van der Waals surface area contributed by atoms with Crippen LogP contribution in [0.5, 0.6) is 0 Å². The summed E-state index contributed by atoms with van der Waals surface area (Å²) in [6.45, 7) is 3.87. The van der Waals surface area contributed by atoms with Crippen LogP contribution in [-0.2, 0) is 0 Å². The fourth-order valence-electron chi connectivity index (χ4n) is 3.07. The molecule has 1 aliphatic carbocycles. The number of nitrogens with two attached hydrogens (primary N) is 1. The van der Waals surface area contributed by atoms with E-state index in [0.717, 1.165) is 18.4 Å². The molecule has 6 heteroatoms. The predicted octanol–water partition coefficient (Wildman–Crippen LogP) is 1.39. The first-order chi connectivity index (χ1) is 9.90. The molecule has 2 aromatic heterocycles. The molecule has 1 amide bonds. The second kappa shape index (κ2) is 4.73. The lowest BCUT2D eigenvalue weighted by atomic mass is 9.93. The molecule has 6 nitrogen and oxygen atoms in total. The number of aliphatic hydroxyl groups is 1. The van der Waals surface area contributed by atoms with E-state index in [2.05, 4.69) is 10.4 Å². The number of amides is 1. The van der Waals surface area contributed by atoms with Gasteiger partial charge >= 0.3 is 0 Å². The van der Waals surface area contributed by atoms with Gasteiger partial charge in [0.15, 0.2) is 0 Å². The van der Waals surface area contributed by atoms with Gasteiger partial charge in [0, 0.05) is 18.2 Å². The van der Waals surface area contributed by atoms with Gasteiger partial charge in [-0.3, -0.25) is 4.79 Å². The standard InChI is InChI=1S/C15H20N4O2/c1-9-11(5-6-15(9,2)21)18-13-10(14(16)20)8-17-19-7-3-4-12(13)19/h3-4,7-9,11,18,21H,5-6H2,1-2H3,(H2,16,20). The van der Waals surface area contributed by atoms with E-state index in [-0.39, 0.29) is 12.0 Å². The molecule has 3 unspecified atom stereocenters. The molecule has 0 radical (unpaired) electrons. The highest BCUT2D eigenvalue weighted by molar-refractivity contribution is 6.01. The van der Waals surface area contributed by atoms with Crippen molar-refractivity contribution in [3.8, 4) is 0 Å². The van der Waals surface area contributed by atoms with E-state index in [1.165, 1.54) is 6.20 Å². The highest BCUT2D eigenvalue weighted by atomic mass is 16.3. The van der Waals surface area contributed by atoms with Gasteiger partial charge in [0.25, 0.3) is 5.91 Å². The number of nitrogens with zero attached hydrogens (tertiary/aromatic N) is 2. The zero-order valence-electron chi connectivity index (χ0n) is 12.2. The highest BCUT2D eigenvalue weighted by Gasteiger charge is 2.41. The Morgan fingerprint density at radius 1 is 1.62 bits per heavy atom. The van der Waals surface area contributed by atoms with Crippen LogP contribution in [0, 0.1) is 5.92 Å². The van der Waals surface area contributed by atoms with Crippen LogP contribution in [0.1, 0.15) is 37.0 Å². The van der Waals surface area contributed by atoms with Crippen LogP contribution in [0.4, 0.5) is 5.69 Å². The Bertz CT molecular complexity index is 692. The Morgan fingerprint density at radius 3 is 3.00 bits per heavy atom. The van der Waals surface area contributed by atoms with Gasteiger partial charge in [0.2, 0.25) is 0 Å². The van der Waals surface area contributed by atoms with Gasteiger partial charge in [-0.2, -0.15) is 5.10 Å². The third-order valence-electron chi connectivity index (χ3n) is 4.71. The maximum absolute atomic E-state index is 11.7. The summed E-state index contributed by atoms with van der Waals surface area (Å²) in [4.78, 5) is 11.7. The van der Waals surface area contributed by atoms with Gasteiger partial charge in [-0.1, -0.05) is 6.92 Å². The zero-order valence-corrected chi connectivity index (χ0v) is 12.2. The van der Waals surface area contributed by atoms with Gasteiger partial charge in [-0.25, -0.2) is 4.52 Å². The smallest absolute Gasteiger partial charge is 0.252 e. The maximum atomic E-state index is 11.7. The lowest BCUT2D eigenvalue weighted by Crippen LogP contribution is -2.35. The van der Waals surface area contributed by atoms with Crippen molar-refractivity contribution in [2.75, 3.05) is 5.32 Å². The summed E-state index contributed by atoms with van der Waals surface area (Å²) in [5, 5.41) is 17.9. The van der Waals surface area contributed by atoms with Crippen LogP contribution in [-0.4, -0.2) is 32.3 Å². The number of carbonyl (C=O) groups excluding carboxylic acids is 1. The Morgan fingerprint density at radius 2 is 2.38 bits per heavy atom. The molecular weight excluding hydrogens is 268 g/mol. The fraction of sp³-hybridized carbons (Fsp3) is 0.467. The molecule has 1 aliphatic rings. The van der Waals surface area contributed by atoms with E-state index in [1.807, 2.05) is 32.2 Å². The minimum atomic E-state index is -0.685. The van der Waals surface area contributed by atoms with Crippen LogP contribution in [0.15, 0.2) is 24.5 Å². The molecule has 0 saturated heterocycles. The third-order valence-corrected chi connectivity index (χ3v) is 4.71. The van der Waals surface area contributed by atoms with E-state index >= 15 is 0 Å². The van der Waals surface area contributed by atoms with Crippen LogP contribution in [0.2, 0.25) is 0 Å². The largest absolute Gasteiger partial charge is 0.390 e. The van der Waals surface area contributed by atoms with E-state index in [9.17, 15) is 9.90 Å². The van der Waals surface area contributed by atoms with Crippen LogP contribution in [0.25, 0.3) is 5.52 Å². The fourth-order valence-corrected chi connectivity index (χ4v) is 3.07. The van der Waals surface area contributed by atoms with E-state index < -0.39 is 11.5 Å². The van der Waals surface area contributed by atoms with E-state index in [1.54, 1.807) is 4.52 Å². The van der Waals surface area contributed by atoms with Crippen molar-refractivity contribution in [1.82, 2.24) is 9.61 Å². The van der Waals surface area contributed by atoms with Crippen LogP contribution < -0.4 is 11.1 Å². The van der Waals surface area contributed by atoms with Crippen molar-refractivity contribution >= 4 is 17.1 Å². The molecule has 1 saturated carbocycles. The number of hydrogen-bond acceptors (Lipinski definition) is 4. The van der Waals surface area contributed by atoms with E-state index in [0.29, 0.717) is 11.3 Å². The van der Waals surface area contributed by atoms with Crippen molar-refractivity contribution in [3.05, 3.63) is 30.1 Å². The summed E-state index contributed by atoms with van der Waals surface area (Å²) in [5.41, 5.74) is 6.65. The molecular formula is C15H20N4O2. The van der Waals surface area contributed by atoms with Gasteiger partial charge in [0.05, 0.1) is 28.6 Å². The Kier molecular flexibility index (Phi) is 3.13. The second-order valence-electron chi connectivity index (χ2n) is 6.07. The number of rotatable bonds is 3. The molecule has 0 aromatic carbocycles. The van der Waals surface area contributed by atoms with Gasteiger partial charge in [-0.05, 0) is 31.9 Å². The third kappa shape index (κ3) is 2.25. The number of fused-ring (bicyclic) bond motifs is 1. The van der Waals surface area contributed by atoms with Gasteiger partial charge in [-0.15, -0.1) is 0 Å². The number of anilines is 1. The lowest BCUT2D eigenvalue weighted by molar-refractivity contribution is 0.0266. The number of aromatic nitrogens is 2. The molecule has 112 valence electrons. The minimum absolute atomic E-state index is 0.0846. The van der Waals surface area contributed by atoms with Gasteiger partial charge in [0.1, 0.15) is 0 Å². The van der Waals surface area contributed by atoms with E-state index in [4.69, 9.17) is 5.73 Å². The number of hydrogen-bond donors (Lipinski definition) is 3. The molecule has 0 spiro atoms. The summed E-state index contributed by atoms with van der Waals surface area (Å²) in [6, 6.07) is 3.85. The first-order valence-corrected chi connectivity index (χ1v) is 7.15. The first-order valence-electron chi connectivity index (χ1n) is 7.15. The van der Waals surface area contributed by atoms with Crippen molar-refractivity contribution < 1.29 is 9.90 Å². The molecule has 2 aromatic rings. The van der Waals surface area contributed by atoms with Crippen molar-refractivity contribution in [3.63, 3.8) is 0 Å². The quantitative estimate of drug-likeness (QED) is 0.796. The second-order valence-corrected chi connectivity index (χ2v) is 6.07. The summed E-state index contributed by atoms with van der Waals surface area (Å²) >= 11 is 0. The van der Waals surface area contributed by atoms with Gasteiger partial charge < -0.3 is 16.2 Å². The first kappa shape index (κ1) is 13.9. The molecule has 2 heterocycles. The topological polar surface area (TPSA) is 92.6 Å². The average Bonchev–Trinajstić information content (AvgIpc) is 2.99. The van der Waals surface area contributed by atoms with Crippen LogP contribution >= 0.6 is 0 Å². The maximum Gasteiger partial charge on any atom is 0.252 e. The molecule has 3 rings (SSSR count). The molecule has 4 N–H and O–H groups in total. The molecule has 1 fully saturated rings. The Hall–Kier alpha value is -2.08. The summed E-state index contributed by atoms with van der Waals surface area (Å²) in [6.07, 6.45) is 4.89. The Labute approximate surface area is 122 Å². The summed E-state index contributed by atoms with van der Waals surface area (Å²) in [5.74, 6) is -0.424. The van der Waals surface area contributed by atoms with Crippen molar-refractivity contribution in [2.24, 2.45) is 11.7 Å². The zero-order chi connectivity index (χ0) is 15.2. The number of carbonyl (C=O) groups is 1. The number of primary amides is 1. The SMILES string of the molecule is CC1C(Nc2c(C(N)=O)cnn3cccc23)CCC1(C)O. The molecule has 0 bridgehead atoms. The normalized spacial score (nSPS) is 28.9. The monoisotopic (exact) mass is 288 g/mol. The molecule has 21 heavy (non-hydrogen) atoms. The molecule has 3 atom stereocenters. The predicted molar refractivity (Wildman–Crippen MR) is 80.1 cm³/mol. The Balaban J connectivity index is 2.01. The summed E-state index contributed by atoms with van der Waals surface area (Å²) < 4.78 is 1.70. The average molecular weight is 288 g/mol. The van der Waals surface area contributed by atoms with Crippen LogP contribution in [0.3, 0.4) is 0 Å². The highest BCUT2D eigenvalue weighted by Crippen LogP contribution is 2.37. The summed E-state index contributed by atoms with van der Waals surface area (Å²) in [7, 11) is 0. The number of nitrogens with one attached hydrogen (secondary N) is 1. The minimum Gasteiger partial charge on any atom is -0.390 e. The van der Waals surface area contributed by atoms with Crippen molar-refractivity contribution in [2.45, 2.75) is 38.3 Å². The molecule has 0 aliphatic heterocycles. The lowest BCUT2D eigenvalue weighted by Gasteiger charge is -2.27. The van der Waals surface area contributed by atoms with Crippen molar-refractivity contribution in [1.29, 1.82) is 0 Å².